The molecule has 1 N–H and O–H groups in total. The molecule has 0 aliphatic heterocycles. The van der Waals surface area contributed by atoms with Crippen LogP contribution in [0.3, 0.4) is 0 Å². The zero-order valence-electron chi connectivity index (χ0n) is 10.3. The lowest BCUT2D eigenvalue weighted by Gasteiger charge is -2.25. The van der Waals surface area contributed by atoms with E-state index in [0.717, 1.165) is 31.8 Å². The van der Waals surface area contributed by atoms with E-state index in [2.05, 4.69) is 17.1 Å². The SMILES string of the molecule is CC1CCC(C(=O)NCCN(C)C)CC1. The molecule has 1 fully saturated rings. The molecule has 0 bridgehead atoms. The molecular weight excluding hydrogens is 188 g/mol. The molecular formula is C12H24N2O. The van der Waals surface area contributed by atoms with Crippen molar-refractivity contribution < 1.29 is 4.79 Å². The maximum atomic E-state index is 11.8. The molecule has 0 unspecified atom stereocenters. The Labute approximate surface area is 93.2 Å². The van der Waals surface area contributed by atoms with E-state index in [9.17, 15) is 4.79 Å². The average Bonchev–Trinajstić information content (AvgIpc) is 2.18. The van der Waals surface area contributed by atoms with Gasteiger partial charge in [0.2, 0.25) is 5.91 Å². The fraction of sp³-hybridized carbons (Fsp3) is 0.917. The van der Waals surface area contributed by atoms with Crippen molar-refractivity contribution in [2.24, 2.45) is 11.8 Å². The predicted molar refractivity (Wildman–Crippen MR) is 62.7 cm³/mol. The molecule has 15 heavy (non-hydrogen) atoms. The summed E-state index contributed by atoms with van der Waals surface area (Å²) < 4.78 is 0. The summed E-state index contributed by atoms with van der Waals surface area (Å²) in [5, 5.41) is 3.02. The Kier molecular flexibility index (Phi) is 5.09. The number of nitrogens with one attached hydrogen (secondary N) is 1. The lowest BCUT2D eigenvalue weighted by atomic mass is 9.82. The van der Waals surface area contributed by atoms with Crippen molar-refractivity contribution in [3.8, 4) is 0 Å². The molecule has 0 radical (unpaired) electrons. The summed E-state index contributed by atoms with van der Waals surface area (Å²) in [6, 6.07) is 0. The second-order valence-electron chi connectivity index (χ2n) is 5.05. The quantitative estimate of drug-likeness (QED) is 0.766. The van der Waals surface area contributed by atoms with Gasteiger partial charge in [0.15, 0.2) is 0 Å². The molecule has 88 valence electrons. The van der Waals surface area contributed by atoms with Crippen LogP contribution in [0.15, 0.2) is 0 Å². The summed E-state index contributed by atoms with van der Waals surface area (Å²) in [4.78, 5) is 13.8. The Morgan fingerprint density at radius 1 is 1.27 bits per heavy atom. The number of carbonyl (C=O) groups is 1. The van der Waals surface area contributed by atoms with Gasteiger partial charge in [0.25, 0.3) is 0 Å². The minimum absolute atomic E-state index is 0.267. The topological polar surface area (TPSA) is 32.3 Å². The highest BCUT2D eigenvalue weighted by Crippen LogP contribution is 2.28. The van der Waals surface area contributed by atoms with Crippen LogP contribution in [0.2, 0.25) is 0 Å². The number of likely N-dealkylation sites (N-methyl/N-ethyl adjacent to an activating group) is 1. The van der Waals surface area contributed by atoms with E-state index >= 15 is 0 Å². The third kappa shape index (κ3) is 4.65. The number of hydrogen-bond acceptors (Lipinski definition) is 2. The molecule has 0 aromatic heterocycles. The molecule has 3 heteroatoms. The zero-order valence-corrected chi connectivity index (χ0v) is 10.3. The fourth-order valence-electron chi connectivity index (χ4n) is 2.07. The van der Waals surface area contributed by atoms with Crippen LogP contribution < -0.4 is 5.32 Å². The maximum Gasteiger partial charge on any atom is 0.223 e. The Hall–Kier alpha value is -0.570. The summed E-state index contributed by atoms with van der Waals surface area (Å²) in [6.45, 7) is 3.98. The van der Waals surface area contributed by atoms with Crippen molar-refractivity contribution in [2.75, 3.05) is 27.2 Å². The first-order chi connectivity index (χ1) is 7.09. The average molecular weight is 212 g/mol. The monoisotopic (exact) mass is 212 g/mol. The van der Waals surface area contributed by atoms with Gasteiger partial charge in [-0.05, 0) is 45.7 Å². The van der Waals surface area contributed by atoms with E-state index in [1.165, 1.54) is 12.8 Å². The first-order valence-electron chi connectivity index (χ1n) is 6.02. The number of nitrogens with zero attached hydrogens (tertiary/aromatic N) is 1. The second kappa shape index (κ2) is 6.11. The highest BCUT2D eigenvalue weighted by atomic mass is 16.1. The van der Waals surface area contributed by atoms with Gasteiger partial charge >= 0.3 is 0 Å². The van der Waals surface area contributed by atoms with Crippen LogP contribution in [-0.2, 0) is 4.79 Å². The lowest BCUT2D eigenvalue weighted by Crippen LogP contribution is -2.36. The largest absolute Gasteiger partial charge is 0.355 e. The summed E-state index contributed by atoms with van der Waals surface area (Å²) in [5.74, 6) is 1.36. The fourth-order valence-corrected chi connectivity index (χ4v) is 2.07. The number of rotatable bonds is 4. The van der Waals surface area contributed by atoms with E-state index in [-0.39, 0.29) is 11.8 Å². The normalized spacial score (nSPS) is 26.7. The smallest absolute Gasteiger partial charge is 0.223 e. The Morgan fingerprint density at radius 2 is 1.87 bits per heavy atom. The molecule has 3 nitrogen and oxygen atoms in total. The van der Waals surface area contributed by atoms with Gasteiger partial charge in [-0.3, -0.25) is 4.79 Å². The van der Waals surface area contributed by atoms with Crippen molar-refractivity contribution in [3.63, 3.8) is 0 Å². The molecule has 1 rings (SSSR count). The summed E-state index contributed by atoms with van der Waals surface area (Å²) >= 11 is 0. The van der Waals surface area contributed by atoms with Gasteiger partial charge in [0, 0.05) is 19.0 Å². The van der Waals surface area contributed by atoms with Gasteiger partial charge in [0.1, 0.15) is 0 Å². The standard InChI is InChI=1S/C12H24N2O/c1-10-4-6-11(7-5-10)12(15)13-8-9-14(2)3/h10-11H,4-9H2,1-3H3,(H,13,15). The highest BCUT2D eigenvalue weighted by Gasteiger charge is 2.23. The molecule has 1 aliphatic carbocycles. The van der Waals surface area contributed by atoms with Crippen LogP contribution in [0.1, 0.15) is 32.6 Å². The van der Waals surface area contributed by atoms with Gasteiger partial charge in [-0.25, -0.2) is 0 Å². The first kappa shape index (κ1) is 12.5. The molecule has 0 heterocycles. The minimum atomic E-state index is 0.267. The number of amides is 1. The highest BCUT2D eigenvalue weighted by molar-refractivity contribution is 5.78. The van der Waals surface area contributed by atoms with Crippen molar-refractivity contribution in [1.29, 1.82) is 0 Å². The van der Waals surface area contributed by atoms with Crippen LogP contribution in [0.25, 0.3) is 0 Å². The summed E-state index contributed by atoms with van der Waals surface area (Å²) in [6.07, 6.45) is 4.58. The molecule has 1 aliphatic rings. The minimum Gasteiger partial charge on any atom is -0.355 e. The van der Waals surface area contributed by atoms with Gasteiger partial charge in [-0.2, -0.15) is 0 Å². The van der Waals surface area contributed by atoms with Crippen molar-refractivity contribution in [1.82, 2.24) is 10.2 Å². The predicted octanol–water partition coefficient (Wildman–Crippen LogP) is 1.49. The second-order valence-corrected chi connectivity index (χ2v) is 5.05. The van der Waals surface area contributed by atoms with Crippen molar-refractivity contribution in [2.45, 2.75) is 32.6 Å². The third-order valence-corrected chi connectivity index (χ3v) is 3.24. The van der Waals surface area contributed by atoms with Gasteiger partial charge in [0.05, 0.1) is 0 Å². The van der Waals surface area contributed by atoms with E-state index < -0.39 is 0 Å². The summed E-state index contributed by atoms with van der Waals surface area (Å²) in [5.41, 5.74) is 0. The molecule has 0 atom stereocenters. The zero-order chi connectivity index (χ0) is 11.3. The van der Waals surface area contributed by atoms with E-state index in [4.69, 9.17) is 0 Å². The van der Waals surface area contributed by atoms with E-state index in [1.54, 1.807) is 0 Å². The van der Waals surface area contributed by atoms with E-state index in [1.807, 2.05) is 14.1 Å². The molecule has 1 saturated carbocycles. The van der Waals surface area contributed by atoms with Crippen molar-refractivity contribution >= 4 is 5.91 Å². The van der Waals surface area contributed by atoms with E-state index in [0.29, 0.717) is 0 Å². The molecule has 0 saturated heterocycles. The Morgan fingerprint density at radius 3 is 2.40 bits per heavy atom. The number of carbonyl (C=O) groups excluding carboxylic acids is 1. The van der Waals surface area contributed by atoms with Crippen LogP contribution in [0.4, 0.5) is 0 Å². The lowest BCUT2D eigenvalue weighted by molar-refractivity contribution is -0.126. The van der Waals surface area contributed by atoms with Gasteiger partial charge in [-0.1, -0.05) is 6.92 Å². The van der Waals surface area contributed by atoms with Crippen molar-refractivity contribution in [3.05, 3.63) is 0 Å². The Bertz CT molecular complexity index is 196. The van der Waals surface area contributed by atoms with Crippen LogP contribution in [-0.4, -0.2) is 38.0 Å². The Balaban J connectivity index is 2.17. The first-order valence-corrected chi connectivity index (χ1v) is 6.02. The van der Waals surface area contributed by atoms with Crippen LogP contribution in [0, 0.1) is 11.8 Å². The molecule has 0 aromatic carbocycles. The van der Waals surface area contributed by atoms with Crippen LogP contribution >= 0.6 is 0 Å². The summed E-state index contributed by atoms with van der Waals surface area (Å²) in [7, 11) is 4.04. The maximum absolute atomic E-state index is 11.8. The number of hydrogen-bond donors (Lipinski definition) is 1. The van der Waals surface area contributed by atoms with Crippen LogP contribution in [0.5, 0.6) is 0 Å². The molecule has 0 aromatic rings. The molecule has 0 spiro atoms. The van der Waals surface area contributed by atoms with Gasteiger partial charge in [-0.15, -0.1) is 0 Å². The third-order valence-electron chi connectivity index (χ3n) is 3.24. The van der Waals surface area contributed by atoms with Gasteiger partial charge < -0.3 is 10.2 Å². The molecule has 1 amide bonds.